The van der Waals surface area contributed by atoms with Gasteiger partial charge in [-0.3, -0.25) is 24.1 Å². The van der Waals surface area contributed by atoms with Crippen LogP contribution in [0.15, 0.2) is 66.7 Å². The largest absolute Gasteiger partial charge is 0.497 e. The first-order valence-electron chi connectivity index (χ1n) is 14.0. The Balaban J connectivity index is 1.59. The molecule has 1 N–H and O–H groups in total. The molecule has 0 spiro atoms. The molecule has 0 saturated carbocycles. The monoisotopic (exact) mass is 545 g/mol. The number of amides is 4. The molecule has 2 aromatic rings. The first-order chi connectivity index (χ1) is 19.3. The Morgan fingerprint density at radius 1 is 0.975 bits per heavy atom. The molecule has 0 aromatic heterocycles. The second kappa shape index (κ2) is 13.4. The number of fused-ring (bicyclic) bond motifs is 1. The Morgan fingerprint density at radius 2 is 1.62 bits per heavy atom. The van der Waals surface area contributed by atoms with E-state index in [0.717, 1.165) is 11.1 Å². The Morgan fingerprint density at radius 3 is 2.25 bits per heavy atom. The fraction of sp³-hybridized carbons (Fsp3) is 0.438. The maximum absolute atomic E-state index is 13.9. The van der Waals surface area contributed by atoms with Gasteiger partial charge in [-0.2, -0.15) is 0 Å². The summed E-state index contributed by atoms with van der Waals surface area (Å²) in [6, 6.07) is 16.2. The minimum absolute atomic E-state index is 0.00375. The Hall–Kier alpha value is -3.94. The molecule has 0 bridgehead atoms. The molecule has 1 aliphatic carbocycles. The lowest BCUT2D eigenvalue weighted by Gasteiger charge is -2.32. The van der Waals surface area contributed by atoms with Gasteiger partial charge in [-0.25, -0.2) is 0 Å². The van der Waals surface area contributed by atoms with E-state index in [4.69, 9.17) is 4.74 Å². The highest BCUT2D eigenvalue weighted by Crippen LogP contribution is 2.35. The molecule has 1 heterocycles. The lowest BCUT2D eigenvalue weighted by atomic mass is 9.85. The maximum atomic E-state index is 13.9. The number of hydrogen-bond donors (Lipinski definition) is 1. The molecule has 1 fully saturated rings. The summed E-state index contributed by atoms with van der Waals surface area (Å²) in [4.78, 5) is 56.3. The number of carbonyl (C=O) groups is 4. The summed E-state index contributed by atoms with van der Waals surface area (Å²) in [5, 5.41) is 3.01. The number of carbonyl (C=O) groups excluding carboxylic acids is 4. The zero-order valence-corrected chi connectivity index (χ0v) is 23.5. The van der Waals surface area contributed by atoms with E-state index >= 15 is 0 Å². The zero-order chi connectivity index (χ0) is 28.6. The number of hydrogen-bond acceptors (Lipinski definition) is 5. The van der Waals surface area contributed by atoms with Crippen LogP contribution in [0.1, 0.15) is 44.2 Å². The molecule has 8 nitrogen and oxygen atoms in total. The van der Waals surface area contributed by atoms with Crippen molar-refractivity contribution >= 4 is 23.6 Å². The molecule has 2 aromatic carbocycles. The second-order valence-electron chi connectivity index (χ2n) is 11.0. The fourth-order valence-corrected chi connectivity index (χ4v) is 5.38. The average Bonchev–Trinajstić information content (AvgIpc) is 3.21. The summed E-state index contributed by atoms with van der Waals surface area (Å²) in [5.41, 5.74) is 1.74. The fourth-order valence-electron chi connectivity index (χ4n) is 5.38. The predicted molar refractivity (Wildman–Crippen MR) is 152 cm³/mol. The third-order valence-electron chi connectivity index (χ3n) is 7.59. The van der Waals surface area contributed by atoms with Crippen molar-refractivity contribution in [3.05, 3.63) is 77.9 Å². The lowest BCUT2D eigenvalue weighted by Crippen LogP contribution is -2.51. The van der Waals surface area contributed by atoms with Crippen molar-refractivity contribution in [2.75, 3.05) is 20.2 Å². The molecule has 0 radical (unpaired) electrons. The number of benzene rings is 2. The molecule has 0 unspecified atom stereocenters. The first-order valence-corrected chi connectivity index (χ1v) is 14.0. The Bertz CT molecular complexity index is 1220. The van der Waals surface area contributed by atoms with Crippen LogP contribution in [-0.2, 0) is 32.1 Å². The normalized spacial score (nSPS) is 18.9. The van der Waals surface area contributed by atoms with Gasteiger partial charge in [0.1, 0.15) is 11.8 Å². The summed E-state index contributed by atoms with van der Waals surface area (Å²) in [6.45, 7) is 4.70. The van der Waals surface area contributed by atoms with Gasteiger partial charge in [0.2, 0.25) is 23.6 Å². The van der Waals surface area contributed by atoms with E-state index in [0.29, 0.717) is 31.6 Å². The van der Waals surface area contributed by atoms with E-state index in [9.17, 15) is 19.2 Å². The van der Waals surface area contributed by atoms with Gasteiger partial charge in [0, 0.05) is 32.5 Å². The molecule has 1 aliphatic heterocycles. The molecular weight excluding hydrogens is 506 g/mol. The van der Waals surface area contributed by atoms with E-state index < -0.39 is 6.04 Å². The van der Waals surface area contributed by atoms with E-state index in [1.807, 2.05) is 80.6 Å². The van der Waals surface area contributed by atoms with E-state index in [1.54, 1.807) is 12.0 Å². The summed E-state index contributed by atoms with van der Waals surface area (Å²) >= 11 is 0. The third-order valence-corrected chi connectivity index (χ3v) is 7.59. The summed E-state index contributed by atoms with van der Waals surface area (Å²) in [7, 11) is 1.58. The zero-order valence-electron chi connectivity index (χ0n) is 23.5. The average molecular weight is 546 g/mol. The first kappa shape index (κ1) is 29.1. The predicted octanol–water partition coefficient (Wildman–Crippen LogP) is 3.75. The lowest BCUT2D eigenvalue weighted by molar-refractivity contribution is -0.144. The summed E-state index contributed by atoms with van der Waals surface area (Å²) in [6.07, 6.45) is 5.27. The van der Waals surface area contributed by atoms with E-state index in [-0.39, 0.29) is 60.9 Å². The van der Waals surface area contributed by atoms with Crippen LogP contribution < -0.4 is 10.1 Å². The molecule has 8 heteroatoms. The molecule has 1 saturated heterocycles. The van der Waals surface area contributed by atoms with Crippen LogP contribution in [0.5, 0.6) is 5.75 Å². The van der Waals surface area contributed by atoms with Gasteiger partial charge in [-0.05, 0) is 42.0 Å². The molecular formula is C32H39N3O5. The van der Waals surface area contributed by atoms with Crippen LogP contribution in [-0.4, -0.2) is 59.7 Å². The number of rotatable bonds is 12. The van der Waals surface area contributed by atoms with Gasteiger partial charge in [0.15, 0.2) is 0 Å². The number of likely N-dealkylation sites (tertiary alicyclic amines) is 1. The van der Waals surface area contributed by atoms with E-state index in [1.165, 1.54) is 4.90 Å². The molecule has 3 atom stereocenters. The molecule has 2 aliphatic rings. The highest BCUT2D eigenvalue weighted by Gasteiger charge is 2.47. The van der Waals surface area contributed by atoms with Gasteiger partial charge in [0.05, 0.1) is 18.9 Å². The Labute approximate surface area is 236 Å². The number of methoxy groups -OCH3 is 1. The van der Waals surface area contributed by atoms with Crippen molar-refractivity contribution in [3.63, 3.8) is 0 Å². The third kappa shape index (κ3) is 6.97. The number of nitrogens with one attached hydrogen (secondary N) is 1. The maximum Gasteiger partial charge on any atom is 0.243 e. The topological polar surface area (TPSA) is 96.0 Å². The van der Waals surface area contributed by atoms with Crippen LogP contribution in [0.3, 0.4) is 0 Å². The van der Waals surface area contributed by atoms with Crippen molar-refractivity contribution < 1.29 is 23.9 Å². The van der Waals surface area contributed by atoms with Crippen molar-refractivity contribution in [1.29, 1.82) is 0 Å². The second-order valence-corrected chi connectivity index (χ2v) is 11.0. The van der Waals surface area contributed by atoms with Crippen molar-refractivity contribution in [2.24, 2.45) is 17.8 Å². The van der Waals surface area contributed by atoms with Crippen molar-refractivity contribution in [2.45, 2.75) is 52.1 Å². The van der Waals surface area contributed by atoms with Crippen LogP contribution in [0.2, 0.25) is 0 Å². The molecule has 212 valence electrons. The quantitative estimate of drug-likeness (QED) is 0.324. The van der Waals surface area contributed by atoms with Gasteiger partial charge >= 0.3 is 0 Å². The smallest absolute Gasteiger partial charge is 0.243 e. The van der Waals surface area contributed by atoms with Crippen LogP contribution in [0.25, 0.3) is 0 Å². The van der Waals surface area contributed by atoms with Gasteiger partial charge in [0.25, 0.3) is 0 Å². The van der Waals surface area contributed by atoms with E-state index in [2.05, 4.69) is 5.32 Å². The molecule has 4 amide bonds. The Kier molecular flexibility index (Phi) is 9.74. The van der Waals surface area contributed by atoms with Gasteiger partial charge in [-0.15, -0.1) is 0 Å². The molecule has 40 heavy (non-hydrogen) atoms. The minimum Gasteiger partial charge on any atom is -0.497 e. The standard InChI is InChI=1S/C32H39N3O5/c1-22(2)20-33-30(37)28(19-23-10-5-4-6-11-23)35(21-24-12-9-13-25(18-24)40-3)29(36)16-17-34-31(38)26-14-7-8-15-27(26)32(34)39/h4-13,18,22,26-28H,14-17,19-21H2,1-3H3,(H,33,37)/t26-,27+,28-/m1/s1. The number of imide groups is 1. The van der Waals surface area contributed by atoms with Crippen LogP contribution in [0.4, 0.5) is 0 Å². The summed E-state index contributed by atoms with van der Waals surface area (Å²) < 4.78 is 5.38. The highest BCUT2D eigenvalue weighted by atomic mass is 16.5. The SMILES string of the molecule is COc1cccc(CN(C(=O)CCN2C(=O)[C@H]3CC=CC[C@H]3C2=O)[C@H](Cc2ccccc2)C(=O)NCC(C)C)c1. The minimum atomic E-state index is -0.781. The molecule has 4 rings (SSSR count). The van der Waals surface area contributed by atoms with Crippen molar-refractivity contribution in [3.8, 4) is 5.75 Å². The number of allylic oxidation sites excluding steroid dienone is 2. The number of nitrogens with zero attached hydrogens (tertiary/aromatic N) is 2. The van der Waals surface area contributed by atoms with Crippen molar-refractivity contribution in [1.82, 2.24) is 15.1 Å². The van der Waals surface area contributed by atoms with Gasteiger partial charge < -0.3 is 15.0 Å². The van der Waals surface area contributed by atoms with Crippen LogP contribution >= 0.6 is 0 Å². The highest BCUT2D eigenvalue weighted by molar-refractivity contribution is 6.05. The van der Waals surface area contributed by atoms with Crippen LogP contribution in [0, 0.1) is 17.8 Å². The van der Waals surface area contributed by atoms with Gasteiger partial charge in [-0.1, -0.05) is 68.5 Å². The number of ether oxygens (including phenoxy) is 1. The summed E-state index contributed by atoms with van der Waals surface area (Å²) in [5.74, 6) is -0.728.